The third-order valence-corrected chi connectivity index (χ3v) is 4.40. The molecule has 0 aliphatic carbocycles. The Morgan fingerprint density at radius 1 is 0.826 bits per heavy atom. The first-order valence-electron chi connectivity index (χ1n) is 8.50. The summed E-state index contributed by atoms with van der Waals surface area (Å²) in [6, 6.07) is 21.4. The molecular weight excluding hydrogens is 280 g/mol. The summed E-state index contributed by atoms with van der Waals surface area (Å²) in [4.78, 5) is 5.12. The van der Waals surface area contributed by atoms with E-state index in [1.54, 1.807) is 0 Å². The van der Waals surface area contributed by atoms with Gasteiger partial charge in [0.2, 0.25) is 0 Å². The van der Waals surface area contributed by atoms with Crippen LogP contribution in [0.4, 0.5) is 0 Å². The standard InChI is InChI=1S/C21H26N2/c1-19(16-20-8-4-2-5-9-20)17-22-12-14-23(15-13-22)18-21-10-6-3-7-11-21/h2-11,16H,12-15,17-18H2,1H3. The van der Waals surface area contributed by atoms with Gasteiger partial charge in [-0.1, -0.05) is 72.3 Å². The molecule has 0 saturated carbocycles. The van der Waals surface area contributed by atoms with E-state index in [0.29, 0.717) is 0 Å². The van der Waals surface area contributed by atoms with Crippen molar-refractivity contribution in [3.05, 3.63) is 77.4 Å². The van der Waals surface area contributed by atoms with Crippen LogP contribution in [0.3, 0.4) is 0 Å². The zero-order valence-electron chi connectivity index (χ0n) is 14.0. The maximum Gasteiger partial charge on any atom is 0.0234 e. The van der Waals surface area contributed by atoms with Crippen LogP contribution in [-0.4, -0.2) is 42.5 Å². The highest BCUT2D eigenvalue weighted by Gasteiger charge is 2.16. The van der Waals surface area contributed by atoms with Crippen molar-refractivity contribution in [2.75, 3.05) is 32.7 Å². The molecule has 2 aromatic carbocycles. The van der Waals surface area contributed by atoms with Gasteiger partial charge in [0, 0.05) is 39.3 Å². The van der Waals surface area contributed by atoms with E-state index in [-0.39, 0.29) is 0 Å². The lowest BCUT2D eigenvalue weighted by Crippen LogP contribution is -2.46. The van der Waals surface area contributed by atoms with Crippen LogP contribution < -0.4 is 0 Å². The lowest BCUT2D eigenvalue weighted by Gasteiger charge is -2.34. The van der Waals surface area contributed by atoms with Gasteiger partial charge >= 0.3 is 0 Å². The van der Waals surface area contributed by atoms with E-state index in [1.807, 2.05) is 0 Å². The Morgan fingerprint density at radius 3 is 2.04 bits per heavy atom. The van der Waals surface area contributed by atoms with Gasteiger partial charge in [-0.05, 0) is 18.1 Å². The van der Waals surface area contributed by atoms with Crippen molar-refractivity contribution in [1.29, 1.82) is 0 Å². The average molecular weight is 306 g/mol. The van der Waals surface area contributed by atoms with Gasteiger partial charge in [0.05, 0.1) is 0 Å². The first-order chi connectivity index (χ1) is 11.3. The summed E-state index contributed by atoms with van der Waals surface area (Å²) in [6.45, 7) is 9.03. The summed E-state index contributed by atoms with van der Waals surface area (Å²) in [6.07, 6.45) is 2.30. The number of piperazine rings is 1. The first-order valence-corrected chi connectivity index (χ1v) is 8.50. The molecule has 1 heterocycles. The normalized spacial score (nSPS) is 17.3. The fourth-order valence-electron chi connectivity index (χ4n) is 3.18. The number of nitrogens with zero attached hydrogens (tertiary/aromatic N) is 2. The average Bonchev–Trinajstić information content (AvgIpc) is 2.58. The van der Waals surface area contributed by atoms with Crippen molar-refractivity contribution in [2.24, 2.45) is 0 Å². The first kappa shape index (κ1) is 16.0. The molecule has 2 nitrogen and oxygen atoms in total. The Morgan fingerprint density at radius 2 is 1.39 bits per heavy atom. The predicted molar refractivity (Wildman–Crippen MR) is 98.3 cm³/mol. The molecule has 0 amide bonds. The molecule has 23 heavy (non-hydrogen) atoms. The number of hydrogen-bond donors (Lipinski definition) is 0. The highest BCUT2D eigenvalue weighted by molar-refractivity contribution is 5.52. The highest BCUT2D eigenvalue weighted by Crippen LogP contribution is 2.11. The van der Waals surface area contributed by atoms with Crippen molar-refractivity contribution in [3.63, 3.8) is 0 Å². The van der Waals surface area contributed by atoms with Crippen LogP contribution in [0.2, 0.25) is 0 Å². The molecule has 1 fully saturated rings. The molecule has 1 aliphatic heterocycles. The Hall–Kier alpha value is -1.90. The number of rotatable bonds is 5. The monoisotopic (exact) mass is 306 g/mol. The van der Waals surface area contributed by atoms with Crippen LogP contribution >= 0.6 is 0 Å². The van der Waals surface area contributed by atoms with Gasteiger partial charge in [0.15, 0.2) is 0 Å². The van der Waals surface area contributed by atoms with Gasteiger partial charge in [-0.3, -0.25) is 9.80 Å². The Kier molecular flexibility index (Phi) is 5.62. The zero-order valence-corrected chi connectivity index (χ0v) is 14.0. The van der Waals surface area contributed by atoms with Crippen LogP contribution in [0.25, 0.3) is 6.08 Å². The maximum absolute atomic E-state index is 2.57. The SMILES string of the molecule is CC(=Cc1ccccc1)CN1CCN(Cc2ccccc2)CC1. The molecule has 120 valence electrons. The van der Waals surface area contributed by atoms with E-state index in [2.05, 4.69) is 83.5 Å². The third-order valence-electron chi connectivity index (χ3n) is 4.40. The Balaban J connectivity index is 1.46. The van der Waals surface area contributed by atoms with E-state index in [9.17, 15) is 0 Å². The van der Waals surface area contributed by atoms with Gasteiger partial charge in [-0.2, -0.15) is 0 Å². The van der Waals surface area contributed by atoms with Crippen LogP contribution in [0.1, 0.15) is 18.1 Å². The van der Waals surface area contributed by atoms with E-state index in [4.69, 9.17) is 0 Å². The molecule has 0 atom stereocenters. The van der Waals surface area contributed by atoms with Crippen LogP contribution in [0.5, 0.6) is 0 Å². The van der Waals surface area contributed by atoms with Crippen molar-refractivity contribution >= 4 is 6.08 Å². The van der Waals surface area contributed by atoms with E-state index < -0.39 is 0 Å². The molecule has 1 aliphatic rings. The van der Waals surface area contributed by atoms with Gasteiger partial charge < -0.3 is 0 Å². The summed E-state index contributed by atoms with van der Waals surface area (Å²) in [5.41, 5.74) is 4.15. The molecule has 3 rings (SSSR count). The number of hydrogen-bond acceptors (Lipinski definition) is 2. The van der Waals surface area contributed by atoms with Crippen LogP contribution in [-0.2, 0) is 6.54 Å². The minimum atomic E-state index is 1.08. The minimum absolute atomic E-state index is 1.08. The number of benzene rings is 2. The second-order valence-corrected chi connectivity index (χ2v) is 6.44. The molecule has 0 radical (unpaired) electrons. The Labute approximate surface area is 140 Å². The van der Waals surface area contributed by atoms with Gasteiger partial charge in [0.25, 0.3) is 0 Å². The fraction of sp³-hybridized carbons (Fsp3) is 0.333. The largest absolute Gasteiger partial charge is 0.297 e. The summed E-state index contributed by atoms with van der Waals surface area (Å²) in [5.74, 6) is 0. The molecule has 2 heteroatoms. The quantitative estimate of drug-likeness (QED) is 0.826. The van der Waals surface area contributed by atoms with Crippen molar-refractivity contribution in [1.82, 2.24) is 9.80 Å². The van der Waals surface area contributed by atoms with Gasteiger partial charge in [-0.25, -0.2) is 0 Å². The van der Waals surface area contributed by atoms with Gasteiger partial charge in [-0.15, -0.1) is 0 Å². The fourth-order valence-corrected chi connectivity index (χ4v) is 3.18. The molecular formula is C21H26N2. The topological polar surface area (TPSA) is 6.48 Å². The van der Waals surface area contributed by atoms with Crippen molar-refractivity contribution in [2.45, 2.75) is 13.5 Å². The van der Waals surface area contributed by atoms with E-state index >= 15 is 0 Å². The maximum atomic E-state index is 2.57. The Bertz CT molecular complexity index is 611. The van der Waals surface area contributed by atoms with E-state index in [0.717, 1.165) is 39.3 Å². The van der Waals surface area contributed by atoms with Crippen LogP contribution in [0.15, 0.2) is 66.2 Å². The lowest BCUT2D eigenvalue weighted by molar-refractivity contribution is 0.135. The second kappa shape index (κ2) is 8.09. The molecule has 0 aromatic heterocycles. The molecule has 0 spiro atoms. The predicted octanol–water partition coefficient (Wildman–Crippen LogP) is 3.91. The minimum Gasteiger partial charge on any atom is -0.297 e. The molecule has 0 N–H and O–H groups in total. The molecule has 0 bridgehead atoms. The smallest absolute Gasteiger partial charge is 0.0234 e. The molecule has 1 saturated heterocycles. The lowest BCUT2D eigenvalue weighted by atomic mass is 10.1. The van der Waals surface area contributed by atoms with Crippen molar-refractivity contribution in [3.8, 4) is 0 Å². The zero-order chi connectivity index (χ0) is 15.9. The summed E-state index contributed by atoms with van der Waals surface area (Å²) in [5, 5.41) is 0. The summed E-state index contributed by atoms with van der Waals surface area (Å²) < 4.78 is 0. The molecule has 2 aromatic rings. The van der Waals surface area contributed by atoms with Crippen LogP contribution in [0, 0.1) is 0 Å². The van der Waals surface area contributed by atoms with Crippen molar-refractivity contribution < 1.29 is 0 Å². The van der Waals surface area contributed by atoms with Gasteiger partial charge in [0.1, 0.15) is 0 Å². The summed E-state index contributed by atoms with van der Waals surface area (Å²) >= 11 is 0. The highest BCUT2D eigenvalue weighted by atomic mass is 15.3. The molecule has 0 unspecified atom stereocenters. The summed E-state index contributed by atoms with van der Waals surface area (Å²) in [7, 11) is 0. The third kappa shape index (κ3) is 5.05. The second-order valence-electron chi connectivity index (χ2n) is 6.44. The van der Waals surface area contributed by atoms with E-state index in [1.165, 1.54) is 16.7 Å².